The molecular weight excluding hydrogens is 595 g/mol. The SMILES string of the molecule is CCCCOC(=O)N1CCN(C(=O)C(CP(=O)(O)O)NC(=O)c2cc(NCCC(=O)OCC)nc(-c3ccccc3)n2)CC1. The van der Waals surface area contributed by atoms with Crippen molar-refractivity contribution in [2.45, 2.75) is 39.2 Å². The summed E-state index contributed by atoms with van der Waals surface area (Å²) >= 11 is 0. The van der Waals surface area contributed by atoms with E-state index in [1.165, 1.54) is 15.9 Å². The third-order valence-electron chi connectivity index (χ3n) is 6.53. The fourth-order valence-corrected chi connectivity index (χ4v) is 5.00. The maximum absolute atomic E-state index is 13.4. The van der Waals surface area contributed by atoms with Gasteiger partial charge in [0.05, 0.1) is 25.8 Å². The normalized spacial score (nSPS) is 14.0. The first kappa shape index (κ1) is 34.4. The molecule has 0 aliphatic carbocycles. The minimum absolute atomic E-state index is 0.0443. The van der Waals surface area contributed by atoms with E-state index in [0.717, 1.165) is 12.8 Å². The first-order chi connectivity index (χ1) is 21.0. The Balaban J connectivity index is 1.76. The second-order valence-corrected chi connectivity index (χ2v) is 11.7. The first-order valence-corrected chi connectivity index (χ1v) is 16.2. The van der Waals surface area contributed by atoms with Gasteiger partial charge in [-0.1, -0.05) is 43.7 Å². The summed E-state index contributed by atoms with van der Waals surface area (Å²) in [6, 6.07) is 8.54. The van der Waals surface area contributed by atoms with Gasteiger partial charge in [-0.05, 0) is 13.3 Å². The van der Waals surface area contributed by atoms with Crippen molar-refractivity contribution in [2.24, 2.45) is 0 Å². The molecule has 2 heterocycles. The monoisotopic (exact) mass is 634 g/mol. The van der Waals surface area contributed by atoms with Crippen LogP contribution in [0.3, 0.4) is 0 Å². The quantitative estimate of drug-likeness (QED) is 0.134. The lowest BCUT2D eigenvalue weighted by atomic mass is 10.2. The van der Waals surface area contributed by atoms with Gasteiger partial charge in [-0.2, -0.15) is 0 Å². The van der Waals surface area contributed by atoms with E-state index in [2.05, 4.69) is 20.6 Å². The van der Waals surface area contributed by atoms with Crippen LogP contribution in [0, 0.1) is 0 Å². The zero-order valence-electron chi connectivity index (χ0n) is 24.8. The molecule has 3 rings (SSSR count). The molecule has 16 heteroatoms. The molecule has 15 nitrogen and oxygen atoms in total. The van der Waals surface area contributed by atoms with E-state index in [0.29, 0.717) is 12.2 Å². The van der Waals surface area contributed by atoms with Crippen LogP contribution in [-0.4, -0.2) is 112 Å². The Morgan fingerprint density at radius 3 is 2.32 bits per heavy atom. The van der Waals surface area contributed by atoms with E-state index in [4.69, 9.17) is 9.47 Å². The molecule has 1 aliphatic rings. The van der Waals surface area contributed by atoms with Crippen LogP contribution < -0.4 is 10.6 Å². The second kappa shape index (κ2) is 16.7. The van der Waals surface area contributed by atoms with Crippen molar-refractivity contribution in [3.8, 4) is 11.4 Å². The molecule has 44 heavy (non-hydrogen) atoms. The summed E-state index contributed by atoms with van der Waals surface area (Å²) in [6.07, 6.45) is 0.229. The van der Waals surface area contributed by atoms with Crippen LogP contribution >= 0.6 is 7.60 Å². The lowest BCUT2D eigenvalue weighted by Gasteiger charge is -2.36. The van der Waals surface area contributed by atoms with Gasteiger partial charge in [-0.25, -0.2) is 14.8 Å². The van der Waals surface area contributed by atoms with Gasteiger partial charge in [0.25, 0.3) is 5.91 Å². The van der Waals surface area contributed by atoms with Crippen LogP contribution in [0.2, 0.25) is 0 Å². The number of rotatable bonds is 14. The number of aromatic nitrogens is 2. The molecule has 1 aromatic carbocycles. The van der Waals surface area contributed by atoms with Crippen molar-refractivity contribution in [1.29, 1.82) is 0 Å². The van der Waals surface area contributed by atoms with Gasteiger partial charge in [0.1, 0.15) is 17.6 Å². The number of carbonyl (C=O) groups is 4. The molecule has 2 aromatic rings. The predicted molar refractivity (Wildman–Crippen MR) is 160 cm³/mol. The van der Waals surface area contributed by atoms with E-state index in [-0.39, 0.29) is 63.1 Å². The average molecular weight is 635 g/mol. The molecule has 1 unspecified atom stereocenters. The molecule has 3 amide bonds. The van der Waals surface area contributed by atoms with Crippen molar-refractivity contribution in [3.05, 3.63) is 42.1 Å². The maximum Gasteiger partial charge on any atom is 0.409 e. The molecular formula is C28H39N6O9P. The van der Waals surface area contributed by atoms with Crippen molar-refractivity contribution >= 4 is 37.3 Å². The Hall–Kier alpha value is -4.07. The van der Waals surface area contributed by atoms with E-state index < -0.39 is 43.7 Å². The number of piperazine rings is 1. The number of nitrogens with one attached hydrogen (secondary N) is 2. The summed E-state index contributed by atoms with van der Waals surface area (Å²) in [6.45, 7) is 4.88. The molecule has 0 saturated carbocycles. The minimum atomic E-state index is -4.75. The van der Waals surface area contributed by atoms with E-state index in [9.17, 15) is 33.5 Å². The van der Waals surface area contributed by atoms with Crippen LogP contribution in [0.4, 0.5) is 10.6 Å². The van der Waals surface area contributed by atoms with Crippen molar-refractivity contribution < 1.29 is 43.0 Å². The number of ether oxygens (including phenoxy) is 2. The highest BCUT2D eigenvalue weighted by Gasteiger charge is 2.35. The molecule has 4 N–H and O–H groups in total. The first-order valence-electron chi connectivity index (χ1n) is 14.4. The van der Waals surface area contributed by atoms with E-state index in [1.54, 1.807) is 37.3 Å². The summed E-state index contributed by atoms with van der Waals surface area (Å²) < 4.78 is 22.1. The summed E-state index contributed by atoms with van der Waals surface area (Å²) in [7, 11) is -4.75. The maximum atomic E-state index is 13.4. The minimum Gasteiger partial charge on any atom is -0.466 e. The van der Waals surface area contributed by atoms with Gasteiger partial charge < -0.3 is 39.7 Å². The Labute approximate surface area is 255 Å². The molecule has 1 aromatic heterocycles. The van der Waals surface area contributed by atoms with Crippen LogP contribution in [-0.2, 0) is 23.6 Å². The molecule has 1 aliphatic heterocycles. The Kier molecular flexibility index (Phi) is 13.1. The van der Waals surface area contributed by atoms with Crippen molar-refractivity contribution in [3.63, 3.8) is 0 Å². The molecule has 1 atom stereocenters. The van der Waals surface area contributed by atoms with Crippen LogP contribution in [0.25, 0.3) is 11.4 Å². The zero-order valence-corrected chi connectivity index (χ0v) is 25.7. The summed E-state index contributed by atoms with van der Waals surface area (Å²) in [5.74, 6) is -1.58. The van der Waals surface area contributed by atoms with E-state index >= 15 is 0 Å². The topological polar surface area (TPSA) is 201 Å². The third kappa shape index (κ3) is 10.9. The summed E-state index contributed by atoms with van der Waals surface area (Å²) in [5.41, 5.74) is 0.421. The zero-order chi connectivity index (χ0) is 32.1. The number of carbonyl (C=O) groups excluding carboxylic acids is 4. The Morgan fingerprint density at radius 1 is 1.00 bits per heavy atom. The van der Waals surface area contributed by atoms with Crippen molar-refractivity contribution in [2.75, 3.05) is 57.4 Å². The second-order valence-electron chi connectivity index (χ2n) is 9.96. The molecule has 240 valence electrons. The van der Waals surface area contributed by atoms with Crippen LogP contribution in [0.5, 0.6) is 0 Å². The number of esters is 1. The van der Waals surface area contributed by atoms with Gasteiger partial charge in [-0.3, -0.25) is 18.9 Å². The standard InChI is InChI=1S/C28H39N6O9P/c1-3-5-17-43-28(38)34-15-13-33(14-16-34)27(37)22(19-44(39,40)41)31-26(36)21-18-23(29-12-11-24(35)42-4-2)32-25(30-21)20-9-7-6-8-10-20/h6-10,18,22H,3-5,11-17,19H2,1-2H3,(H,31,36)(H,29,30,32)(H2,39,40,41). The molecule has 0 spiro atoms. The fraction of sp³-hybridized carbons (Fsp3) is 0.500. The fourth-order valence-electron chi connectivity index (χ4n) is 4.28. The largest absolute Gasteiger partial charge is 0.466 e. The number of hydrogen-bond acceptors (Lipinski definition) is 10. The number of benzene rings is 1. The van der Waals surface area contributed by atoms with Gasteiger partial charge in [0.2, 0.25) is 5.91 Å². The number of nitrogens with zero attached hydrogens (tertiary/aromatic N) is 4. The highest BCUT2D eigenvalue weighted by molar-refractivity contribution is 7.51. The molecule has 1 saturated heterocycles. The summed E-state index contributed by atoms with van der Waals surface area (Å²) in [5, 5.41) is 5.39. The Bertz CT molecular complexity index is 1330. The van der Waals surface area contributed by atoms with Gasteiger partial charge in [-0.15, -0.1) is 0 Å². The van der Waals surface area contributed by atoms with Gasteiger partial charge >= 0.3 is 19.7 Å². The average Bonchev–Trinajstić information content (AvgIpc) is 3.00. The number of unbranched alkanes of at least 4 members (excludes halogenated alkanes) is 1. The van der Waals surface area contributed by atoms with Crippen molar-refractivity contribution in [1.82, 2.24) is 25.1 Å². The lowest BCUT2D eigenvalue weighted by Crippen LogP contribution is -2.56. The lowest BCUT2D eigenvalue weighted by molar-refractivity contribution is -0.142. The predicted octanol–water partition coefficient (Wildman–Crippen LogP) is 1.87. The third-order valence-corrected chi connectivity index (χ3v) is 7.37. The number of hydrogen-bond donors (Lipinski definition) is 4. The highest BCUT2D eigenvalue weighted by atomic mass is 31.2. The number of anilines is 1. The van der Waals surface area contributed by atoms with E-state index in [1.807, 2.05) is 6.92 Å². The van der Waals surface area contributed by atoms with Crippen LogP contribution in [0.15, 0.2) is 36.4 Å². The highest BCUT2D eigenvalue weighted by Crippen LogP contribution is 2.35. The smallest absolute Gasteiger partial charge is 0.409 e. The Morgan fingerprint density at radius 2 is 1.68 bits per heavy atom. The van der Waals surface area contributed by atoms with Gasteiger partial charge in [0.15, 0.2) is 5.82 Å². The van der Waals surface area contributed by atoms with Gasteiger partial charge in [0, 0.05) is 44.4 Å². The van der Waals surface area contributed by atoms with Crippen LogP contribution in [0.1, 0.15) is 43.6 Å². The molecule has 0 radical (unpaired) electrons. The molecule has 0 bridgehead atoms. The molecule has 1 fully saturated rings. The number of amides is 3. The summed E-state index contributed by atoms with van der Waals surface area (Å²) in [4.78, 5) is 81.7.